The molecule has 6 heteroatoms. The third kappa shape index (κ3) is 4.44. The van der Waals surface area contributed by atoms with Gasteiger partial charge in [0.1, 0.15) is 11.7 Å². The molecule has 0 saturated heterocycles. The number of carboxylic acid groups (broad SMARTS) is 1. The molecule has 1 aromatic rings. The summed E-state index contributed by atoms with van der Waals surface area (Å²) in [4.78, 5) is 23.4. The van der Waals surface area contributed by atoms with Crippen molar-refractivity contribution in [3.05, 3.63) is 29.6 Å². The van der Waals surface area contributed by atoms with Crippen LogP contribution >= 0.6 is 0 Å². The Morgan fingerprint density at radius 2 is 2.05 bits per heavy atom. The molecule has 0 fully saturated rings. The number of carboxylic acids is 1. The summed E-state index contributed by atoms with van der Waals surface area (Å²) in [5.41, 5.74) is 1.16. The van der Waals surface area contributed by atoms with E-state index in [-0.39, 0.29) is 18.2 Å². The number of aryl methyl sites for hydroxylation is 1. The average Bonchev–Trinajstić information content (AvgIpc) is 2.86. The van der Waals surface area contributed by atoms with Crippen molar-refractivity contribution in [2.24, 2.45) is 0 Å². The minimum absolute atomic E-state index is 0.250. The average molecular weight is 307 g/mol. The van der Waals surface area contributed by atoms with Crippen LogP contribution in [-0.2, 0) is 4.79 Å². The predicted octanol–water partition coefficient (Wildman–Crippen LogP) is 2.70. The van der Waals surface area contributed by atoms with Gasteiger partial charge >= 0.3 is 5.97 Å². The Labute approximate surface area is 131 Å². The summed E-state index contributed by atoms with van der Waals surface area (Å²) in [6, 6.07) is 1.00. The first-order chi connectivity index (χ1) is 10.4. The molecule has 1 amide bonds. The molecule has 0 radical (unpaired) electrons. The van der Waals surface area contributed by atoms with Gasteiger partial charge in [0, 0.05) is 5.69 Å². The summed E-state index contributed by atoms with van der Waals surface area (Å²) in [5.74, 6) is -1.51. The molecule has 0 aliphatic rings. The van der Waals surface area contributed by atoms with Crippen molar-refractivity contribution in [3.63, 3.8) is 0 Å². The van der Waals surface area contributed by atoms with Crippen molar-refractivity contribution < 1.29 is 14.7 Å². The molecule has 0 aliphatic carbocycles. The van der Waals surface area contributed by atoms with E-state index in [0.717, 1.165) is 18.5 Å². The number of amides is 1. The maximum absolute atomic E-state index is 12.2. The molecular weight excluding hydrogens is 282 g/mol. The van der Waals surface area contributed by atoms with Crippen LogP contribution in [-0.4, -0.2) is 32.8 Å². The Balaban J connectivity index is 2.89. The summed E-state index contributed by atoms with van der Waals surface area (Å²) in [5, 5.41) is 16.0. The first kappa shape index (κ1) is 17.9. The Kier molecular flexibility index (Phi) is 6.82. The second-order valence-electron chi connectivity index (χ2n) is 5.25. The number of rotatable bonds is 8. The molecule has 6 nitrogen and oxygen atoms in total. The van der Waals surface area contributed by atoms with Gasteiger partial charge in [-0.3, -0.25) is 9.48 Å². The van der Waals surface area contributed by atoms with Gasteiger partial charge in [-0.15, -0.1) is 0 Å². The van der Waals surface area contributed by atoms with E-state index in [1.165, 1.54) is 0 Å². The Morgan fingerprint density at radius 3 is 2.55 bits per heavy atom. The van der Waals surface area contributed by atoms with Gasteiger partial charge in [0.25, 0.3) is 5.91 Å². The number of carbonyl (C=O) groups is 2. The van der Waals surface area contributed by atoms with Crippen LogP contribution in [0.5, 0.6) is 0 Å². The highest BCUT2D eigenvalue weighted by Gasteiger charge is 2.22. The van der Waals surface area contributed by atoms with Gasteiger partial charge in [-0.25, -0.2) is 4.79 Å². The van der Waals surface area contributed by atoms with Crippen LogP contribution in [0.4, 0.5) is 0 Å². The molecule has 0 aliphatic heterocycles. The molecule has 1 unspecified atom stereocenters. The van der Waals surface area contributed by atoms with E-state index in [1.807, 2.05) is 11.6 Å². The number of hydrogen-bond donors (Lipinski definition) is 2. The highest BCUT2D eigenvalue weighted by Crippen LogP contribution is 2.18. The maximum atomic E-state index is 12.2. The largest absolute Gasteiger partial charge is 0.480 e. The smallest absolute Gasteiger partial charge is 0.326 e. The zero-order chi connectivity index (χ0) is 16.7. The van der Waals surface area contributed by atoms with E-state index in [0.29, 0.717) is 0 Å². The number of aromatic nitrogens is 2. The number of nitrogens with one attached hydrogen (secondary N) is 1. The summed E-state index contributed by atoms with van der Waals surface area (Å²) in [6.07, 6.45) is 5.59. The minimum Gasteiger partial charge on any atom is -0.480 e. The molecule has 22 heavy (non-hydrogen) atoms. The second-order valence-corrected chi connectivity index (χ2v) is 5.25. The Hall–Kier alpha value is -2.11. The van der Waals surface area contributed by atoms with Crippen molar-refractivity contribution in [1.29, 1.82) is 0 Å². The molecule has 0 bridgehead atoms. The topological polar surface area (TPSA) is 84.2 Å². The summed E-state index contributed by atoms with van der Waals surface area (Å²) >= 11 is 0. The Bertz CT molecular complexity index is 545. The van der Waals surface area contributed by atoms with Crippen molar-refractivity contribution in [2.45, 2.75) is 59.0 Å². The lowest BCUT2D eigenvalue weighted by molar-refractivity contribution is -0.139. The normalized spacial score (nSPS) is 12.8. The zero-order valence-corrected chi connectivity index (χ0v) is 13.7. The van der Waals surface area contributed by atoms with E-state index in [9.17, 15) is 9.59 Å². The lowest BCUT2D eigenvalue weighted by Gasteiger charge is -2.15. The van der Waals surface area contributed by atoms with Crippen molar-refractivity contribution in [1.82, 2.24) is 15.1 Å². The van der Waals surface area contributed by atoms with Gasteiger partial charge < -0.3 is 10.4 Å². The van der Waals surface area contributed by atoms with Gasteiger partial charge in [-0.1, -0.05) is 26.0 Å². The van der Waals surface area contributed by atoms with Crippen molar-refractivity contribution in [2.75, 3.05) is 0 Å². The minimum atomic E-state index is -1.05. The van der Waals surface area contributed by atoms with Crippen LogP contribution in [0, 0.1) is 6.92 Å². The quantitative estimate of drug-likeness (QED) is 0.723. The Morgan fingerprint density at radius 1 is 1.41 bits per heavy atom. The van der Waals surface area contributed by atoms with Crippen LogP contribution in [0.25, 0.3) is 0 Å². The highest BCUT2D eigenvalue weighted by molar-refractivity contribution is 5.95. The summed E-state index contributed by atoms with van der Waals surface area (Å²) in [7, 11) is 0. The number of allylic oxidation sites excluding steroid dienone is 1. The molecule has 0 spiro atoms. The molecule has 1 rings (SSSR count). The van der Waals surface area contributed by atoms with Gasteiger partial charge in [0.05, 0.1) is 6.04 Å². The third-order valence-corrected chi connectivity index (χ3v) is 3.65. The molecule has 122 valence electrons. The second kappa shape index (κ2) is 8.36. The third-order valence-electron chi connectivity index (χ3n) is 3.65. The van der Waals surface area contributed by atoms with Crippen LogP contribution in [0.1, 0.15) is 62.3 Å². The zero-order valence-electron chi connectivity index (χ0n) is 13.7. The van der Waals surface area contributed by atoms with E-state index in [1.54, 1.807) is 25.1 Å². The van der Waals surface area contributed by atoms with E-state index < -0.39 is 17.9 Å². The highest BCUT2D eigenvalue weighted by atomic mass is 16.4. The first-order valence-corrected chi connectivity index (χ1v) is 7.65. The molecular formula is C16H25N3O3. The van der Waals surface area contributed by atoms with Gasteiger partial charge in [-0.2, -0.15) is 5.10 Å². The van der Waals surface area contributed by atoms with E-state index >= 15 is 0 Å². The SMILES string of the molecule is C/C=C/CC(NC(=O)c1cc(C)n(C(CC)CC)n1)C(=O)O. The molecule has 1 atom stereocenters. The molecule has 0 saturated carbocycles. The lowest BCUT2D eigenvalue weighted by atomic mass is 10.2. The van der Waals surface area contributed by atoms with Gasteiger partial charge in [-0.05, 0) is 39.2 Å². The standard InChI is InChI=1S/C16H25N3O3/c1-5-8-9-13(16(21)22)17-15(20)14-10-11(4)19(18-14)12(6-2)7-3/h5,8,10,12-13H,6-7,9H2,1-4H3,(H,17,20)(H,21,22)/b8-5+. The van der Waals surface area contributed by atoms with Crippen LogP contribution in [0.3, 0.4) is 0 Å². The number of hydrogen-bond acceptors (Lipinski definition) is 3. The molecule has 0 aromatic carbocycles. The molecule has 1 heterocycles. The fraction of sp³-hybridized carbons (Fsp3) is 0.562. The monoisotopic (exact) mass is 307 g/mol. The van der Waals surface area contributed by atoms with Crippen molar-refractivity contribution >= 4 is 11.9 Å². The van der Waals surface area contributed by atoms with Gasteiger partial charge in [0.15, 0.2) is 0 Å². The van der Waals surface area contributed by atoms with Crippen molar-refractivity contribution in [3.8, 4) is 0 Å². The fourth-order valence-electron chi connectivity index (χ4n) is 2.33. The van der Waals surface area contributed by atoms with E-state index in [4.69, 9.17) is 5.11 Å². The summed E-state index contributed by atoms with van der Waals surface area (Å²) in [6.45, 7) is 7.86. The molecule has 2 N–H and O–H groups in total. The lowest BCUT2D eigenvalue weighted by Crippen LogP contribution is -2.40. The van der Waals surface area contributed by atoms with E-state index in [2.05, 4.69) is 24.3 Å². The van der Waals surface area contributed by atoms with Gasteiger partial charge in [0.2, 0.25) is 0 Å². The number of carbonyl (C=O) groups excluding carboxylic acids is 1. The van der Waals surface area contributed by atoms with Crippen LogP contribution in [0.15, 0.2) is 18.2 Å². The van der Waals surface area contributed by atoms with Crippen LogP contribution in [0.2, 0.25) is 0 Å². The number of nitrogens with zero attached hydrogens (tertiary/aromatic N) is 2. The summed E-state index contributed by atoms with van der Waals surface area (Å²) < 4.78 is 1.84. The first-order valence-electron chi connectivity index (χ1n) is 7.65. The number of aliphatic carboxylic acids is 1. The van der Waals surface area contributed by atoms with Crippen LogP contribution < -0.4 is 5.32 Å². The predicted molar refractivity (Wildman–Crippen MR) is 84.9 cm³/mol. The maximum Gasteiger partial charge on any atom is 0.326 e. The molecule has 1 aromatic heterocycles. The fourth-order valence-corrected chi connectivity index (χ4v) is 2.33.